The van der Waals surface area contributed by atoms with Gasteiger partial charge in [0.2, 0.25) is 6.41 Å². The van der Waals surface area contributed by atoms with Gasteiger partial charge in [0.05, 0.1) is 35.6 Å². The highest BCUT2D eigenvalue weighted by Gasteiger charge is 2.42. The van der Waals surface area contributed by atoms with E-state index in [0.717, 1.165) is 30.6 Å². The molecule has 1 aliphatic carbocycles. The number of alkyl halides is 3. The van der Waals surface area contributed by atoms with Gasteiger partial charge in [0.15, 0.2) is 5.11 Å². The van der Waals surface area contributed by atoms with Crippen molar-refractivity contribution in [3.05, 3.63) is 58.9 Å². The second kappa shape index (κ2) is 9.38. The molecule has 6 nitrogen and oxygen atoms in total. The van der Waals surface area contributed by atoms with Gasteiger partial charge in [-0.1, -0.05) is 0 Å². The van der Waals surface area contributed by atoms with Crippen LogP contribution >= 0.6 is 12.2 Å². The summed E-state index contributed by atoms with van der Waals surface area (Å²) >= 11 is 5.52. The number of ether oxygens (including phenoxy) is 1. The summed E-state index contributed by atoms with van der Waals surface area (Å²) in [4.78, 5) is 26.1. The molecule has 0 spiro atoms. The predicted octanol–water partition coefficient (Wildman–Crippen LogP) is 5.20. The number of benzene rings is 2. The maximum Gasteiger partial charge on any atom is 0.417 e. The SMILES string of the molecule is COC(=O)c1ccc(N(C(=S)N(C=O)c2ccc(C#N)c(C(F)(F)F)c2)C2(C)CCC2)cc1F. The van der Waals surface area contributed by atoms with Gasteiger partial charge in [-0.05, 0) is 74.8 Å². The summed E-state index contributed by atoms with van der Waals surface area (Å²) in [6.45, 7) is 1.83. The zero-order chi connectivity index (χ0) is 25.3. The van der Waals surface area contributed by atoms with Gasteiger partial charge in [-0.3, -0.25) is 9.69 Å². The van der Waals surface area contributed by atoms with Crippen LogP contribution in [0.1, 0.15) is 47.7 Å². The topological polar surface area (TPSA) is 73.6 Å². The number of carbonyl (C=O) groups is 2. The molecule has 2 aromatic rings. The molecular formula is C23H19F4N3O3S. The maximum absolute atomic E-state index is 14.7. The molecule has 1 aliphatic rings. The normalized spacial score (nSPS) is 14.4. The third kappa shape index (κ3) is 4.59. The van der Waals surface area contributed by atoms with Gasteiger partial charge in [-0.15, -0.1) is 0 Å². The van der Waals surface area contributed by atoms with E-state index in [1.54, 1.807) is 0 Å². The Morgan fingerprint density at radius 1 is 1.21 bits per heavy atom. The van der Waals surface area contributed by atoms with Crippen molar-refractivity contribution in [1.82, 2.24) is 0 Å². The number of nitriles is 1. The van der Waals surface area contributed by atoms with Crippen LogP contribution in [0.3, 0.4) is 0 Å². The molecule has 34 heavy (non-hydrogen) atoms. The molecule has 0 saturated heterocycles. The quantitative estimate of drug-likeness (QED) is 0.247. The van der Waals surface area contributed by atoms with Crippen molar-refractivity contribution >= 4 is 41.1 Å². The van der Waals surface area contributed by atoms with Crippen molar-refractivity contribution in [1.29, 1.82) is 5.26 Å². The van der Waals surface area contributed by atoms with E-state index in [4.69, 9.17) is 17.5 Å². The molecular weight excluding hydrogens is 474 g/mol. The summed E-state index contributed by atoms with van der Waals surface area (Å²) < 4.78 is 59.6. The van der Waals surface area contributed by atoms with E-state index in [9.17, 15) is 27.2 Å². The van der Waals surface area contributed by atoms with Gasteiger partial charge >= 0.3 is 12.1 Å². The van der Waals surface area contributed by atoms with Crippen molar-refractivity contribution in [2.24, 2.45) is 0 Å². The number of hydrogen-bond donors (Lipinski definition) is 0. The number of rotatable bonds is 5. The van der Waals surface area contributed by atoms with Crippen molar-refractivity contribution in [3.8, 4) is 6.07 Å². The number of anilines is 2. The Labute approximate surface area is 198 Å². The first-order valence-electron chi connectivity index (χ1n) is 10.0. The minimum atomic E-state index is -4.83. The lowest BCUT2D eigenvalue weighted by Gasteiger charge is -2.50. The molecule has 0 radical (unpaired) electrons. The number of carbonyl (C=O) groups excluding carboxylic acids is 2. The first-order chi connectivity index (χ1) is 16.0. The van der Waals surface area contributed by atoms with Crippen LogP contribution in [0, 0.1) is 17.1 Å². The Balaban J connectivity index is 2.09. The summed E-state index contributed by atoms with van der Waals surface area (Å²) in [5.74, 6) is -1.75. The van der Waals surface area contributed by atoms with Crippen molar-refractivity contribution in [2.45, 2.75) is 37.9 Å². The van der Waals surface area contributed by atoms with E-state index in [1.165, 1.54) is 29.2 Å². The average molecular weight is 493 g/mol. The largest absolute Gasteiger partial charge is 0.465 e. The Hall–Kier alpha value is -3.52. The minimum absolute atomic E-state index is 0.180. The molecule has 0 atom stereocenters. The van der Waals surface area contributed by atoms with E-state index in [-0.39, 0.29) is 28.5 Å². The number of methoxy groups -OCH3 is 1. The molecule has 3 rings (SSSR count). The standard InChI is InChI=1S/C23H19F4N3O3S/c1-22(8-3-9-22)30(16-6-7-17(19(24)11-16)20(32)33-2)21(34)29(13-31)15-5-4-14(12-28)18(10-15)23(25,26)27/h4-7,10-11,13H,3,8-9H2,1-2H3. The lowest BCUT2D eigenvalue weighted by atomic mass is 9.77. The second-order valence-electron chi connectivity index (χ2n) is 7.94. The van der Waals surface area contributed by atoms with Crippen LogP contribution in [-0.4, -0.2) is 30.1 Å². The van der Waals surface area contributed by atoms with Gasteiger partial charge in [-0.25, -0.2) is 9.18 Å². The summed E-state index contributed by atoms with van der Waals surface area (Å²) in [7, 11) is 1.11. The Morgan fingerprint density at radius 2 is 1.85 bits per heavy atom. The van der Waals surface area contributed by atoms with Crippen molar-refractivity contribution in [3.63, 3.8) is 0 Å². The summed E-state index contributed by atoms with van der Waals surface area (Å²) in [6, 6.07) is 7.98. The molecule has 11 heteroatoms. The van der Waals surface area contributed by atoms with Crippen LogP contribution in [0.15, 0.2) is 36.4 Å². The third-order valence-electron chi connectivity index (χ3n) is 5.80. The molecule has 0 aliphatic heterocycles. The van der Waals surface area contributed by atoms with E-state index < -0.39 is 34.6 Å². The minimum Gasteiger partial charge on any atom is -0.465 e. The molecule has 0 unspecified atom stereocenters. The number of hydrogen-bond acceptors (Lipinski definition) is 5. The fourth-order valence-corrected chi connectivity index (χ4v) is 4.30. The van der Waals surface area contributed by atoms with Crippen molar-refractivity contribution in [2.75, 3.05) is 16.9 Å². The van der Waals surface area contributed by atoms with Crippen LogP contribution in [0.2, 0.25) is 0 Å². The lowest BCUT2D eigenvalue weighted by molar-refractivity contribution is -0.137. The monoisotopic (exact) mass is 493 g/mol. The molecule has 1 amide bonds. The second-order valence-corrected chi connectivity index (χ2v) is 8.30. The smallest absolute Gasteiger partial charge is 0.417 e. The molecule has 0 heterocycles. The molecule has 0 aromatic heterocycles. The highest BCUT2D eigenvalue weighted by molar-refractivity contribution is 7.81. The number of halogens is 4. The number of amides is 1. The molecule has 1 saturated carbocycles. The summed E-state index contributed by atoms with van der Waals surface area (Å²) in [5.41, 5.74) is -2.74. The zero-order valence-electron chi connectivity index (χ0n) is 18.1. The van der Waals surface area contributed by atoms with E-state index in [2.05, 4.69) is 4.74 Å². The van der Waals surface area contributed by atoms with Crippen LogP contribution < -0.4 is 9.80 Å². The van der Waals surface area contributed by atoms with E-state index >= 15 is 0 Å². The zero-order valence-corrected chi connectivity index (χ0v) is 19.0. The Morgan fingerprint density at radius 3 is 2.32 bits per heavy atom. The molecule has 0 bridgehead atoms. The highest BCUT2D eigenvalue weighted by Crippen LogP contribution is 2.42. The third-order valence-corrected chi connectivity index (χ3v) is 6.18. The fourth-order valence-electron chi connectivity index (χ4n) is 3.82. The Kier molecular flexibility index (Phi) is 6.93. The van der Waals surface area contributed by atoms with Gasteiger partial charge < -0.3 is 9.64 Å². The molecule has 178 valence electrons. The van der Waals surface area contributed by atoms with E-state index in [0.29, 0.717) is 18.9 Å². The van der Waals surface area contributed by atoms with E-state index in [1.807, 2.05) is 6.92 Å². The van der Waals surface area contributed by atoms with Gasteiger partial charge in [0.25, 0.3) is 0 Å². The maximum atomic E-state index is 14.7. The van der Waals surface area contributed by atoms with Gasteiger partial charge in [0, 0.05) is 11.2 Å². The predicted molar refractivity (Wildman–Crippen MR) is 120 cm³/mol. The van der Waals surface area contributed by atoms with Gasteiger partial charge in [-0.2, -0.15) is 18.4 Å². The number of thiocarbonyl (C=S) groups is 1. The molecule has 2 aromatic carbocycles. The van der Waals surface area contributed by atoms with Crippen molar-refractivity contribution < 1.29 is 31.9 Å². The molecule has 1 fully saturated rings. The highest BCUT2D eigenvalue weighted by atomic mass is 32.1. The summed E-state index contributed by atoms with van der Waals surface area (Å²) in [5, 5.41) is 8.85. The average Bonchev–Trinajstić information content (AvgIpc) is 2.77. The fraction of sp³-hybridized carbons (Fsp3) is 0.304. The Bertz CT molecular complexity index is 1190. The number of esters is 1. The molecule has 0 N–H and O–H groups in total. The lowest BCUT2D eigenvalue weighted by Crippen LogP contribution is -2.58. The van der Waals surface area contributed by atoms with Crippen LogP contribution in [-0.2, 0) is 15.7 Å². The van der Waals surface area contributed by atoms with Crippen LogP contribution in [0.25, 0.3) is 0 Å². The van der Waals surface area contributed by atoms with Crippen LogP contribution in [0.5, 0.6) is 0 Å². The number of nitrogens with zero attached hydrogens (tertiary/aromatic N) is 3. The van der Waals surface area contributed by atoms with Gasteiger partial charge in [0.1, 0.15) is 5.82 Å². The van der Waals surface area contributed by atoms with Crippen LogP contribution in [0.4, 0.5) is 28.9 Å². The first-order valence-corrected chi connectivity index (χ1v) is 10.5. The summed E-state index contributed by atoms with van der Waals surface area (Å²) in [6.07, 6.45) is -2.49. The first kappa shape index (κ1) is 25.1.